The molecule has 0 spiro atoms. The van der Waals surface area contributed by atoms with Crippen LogP contribution in [0.2, 0.25) is 0 Å². The summed E-state index contributed by atoms with van der Waals surface area (Å²) in [6, 6.07) is 36.1. The molecule has 30 heteroatoms. The van der Waals surface area contributed by atoms with E-state index in [2.05, 4.69) is 37.2 Å². The lowest BCUT2D eigenvalue weighted by atomic mass is 9.90. The number of rotatable bonds is 18. The van der Waals surface area contributed by atoms with Gasteiger partial charge in [-0.05, 0) is 137 Å². The number of ether oxygens (including phenoxy) is 4. The fourth-order valence-corrected chi connectivity index (χ4v) is 13.7. The Hall–Kier alpha value is -11.8. The molecule has 3 unspecified atom stereocenters. The largest absolute Gasteiger partial charge is 0.507 e. The van der Waals surface area contributed by atoms with E-state index < -0.39 is 180 Å². The van der Waals surface area contributed by atoms with E-state index >= 15 is 0 Å². The van der Waals surface area contributed by atoms with Gasteiger partial charge < -0.3 is 91.7 Å². The van der Waals surface area contributed by atoms with Crippen molar-refractivity contribution in [2.75, 3.05) is 7.05 Å². The van der Waals surface area contributed by atoms with E-state index in [1.807, 2.05) is 133 Å². The van der Waals surface area contributed by atoms with Gasteiger partial charge in [-0.2, -0.15) is 0 Å². The summed E-state index contributed by atoms with van der Waals surface area (Å²) >= 11 is 0. The molecule has 13 N–H and O–H groups in total. The quantitative estimate of drug-likeness (QED) is 0.0355. The molecule has 0 aromatic heterocycles. The van der Waals surface area contributed by atoms with Crippen LogP contribution < -0.4 is 37.2 Å². The number of cyclic esters (lactones) is 4. The van der Waals surface area contributed by atoms with Gasteiger partial charge in [0.2, 0.25) is 29.5 Å². The van der Waals surface area contributed by atoms with Gasteiger partial charge in [0.05, 0.1) is 70.9 Å². The zero-order chi connectivity index (χ0) is 86.9. The maximum atomic E-state index is 13.7. The number of aliphatic hydroxyl groups excluding tert-OH is 3. The van der Waals surface area contributed by atoms with E-state index in [-0.39, 0.29) is 83.8 Å². The average molecular weight is 1630 g/mol. The third-order valence-electron chi connectivity index (χ3n) is 20.6. The van der Waals surface area contributed by atoms with E-state index in [0.717, 1.165) is 16.7 Å². The third-order valence-corrected chi connectivity index (χ3v) is 20.6. The zero-order valence-electron chi connectivity index (χ0n) is 68.6. The standard InChI is InChI=1S/C30H39N3O7.C29H37N3O7.C29H36N2O8/c1-17(2)15-23-30(39)40-19(4)25(32-27(36)21-13-9-10-14-24(21)34)28(37)31-22(16-20-11-7-6-8-12-20)26(35)18(3)29(38)33(23)5;1-16(2)14-22-29(38)39-18(4)24(32-27(36)20-12-8-9-13-23(20)33)28(37)30-21(15-19-10-6-5-7-11-19)25(34)17(3)26(35)31-22;1-16(2)14-23-29(37)38-18(4)24(31-26(34)20-12-8-9-13-22(20)32)27(35)30-21(15-19-10-6-5-7-11-19)25(33)17(3)28(36)39-23/h6-14,17-19,22-23,25-26,34-35H,15-16H2,1-5H3,(H,31,37)(H,32,36);5-13,16-18,21-22,24-25,33-34H,14-15H2,1-4H3,(H,30,37)(H,31,35)(H,32,36);5-13,16-18,21,23-25,32-33H,14-15H2,1-4H3,(H,30,35)(H,31,34)/t18-,19-,22+,23?,25+,26+;17-,18-,21+,22?,24+,25+;17-,18-,21+,23?,24+,25+/m111/s1. The first-order valence-corrected chi connectivity index (χ1v) is 39.6. The number of carbonyl (C=O) groups excluding carboxylic acids is 12. The molecule has 18 atom stereocenters. The first-order chi connectivity index (χ1) is 55.8. The van der Waals surface area contributed by atoms with Gasteiger partial charge in [0.1, 0.15) is 65.8 Å². The summed E-state index contributed by atoms with van der Waals surface area (Å²) in [6.45, 7) is 20.2. The smallest absolute Gasteiger partial charge is 0.347 e. The Morgan fingerprint density at radius 2 is 0.686 bits per heavy atom. The van der Waals surface area contributed by atoms with Crippen molar-refractivity contribution in [1.82, 2.24) is 42.1 Å². The number of phenolic OH excluding ortho intramolecular Hbond substituents is 3. The van der Waals surface area contributed by atoms with Gasteiger partial charge in [-0.15, -0.1) is 0 Å². The molecular formula is C88H112N8O22. The summed E-state index contributed by atoms with van der Waals surface area (Å²) in [5.74, 6) is -12.4. The van der Waals surface area contributed by atoms with Crippen LogP contribution in [0.5, 0.6) is 17.2 Å². The Morgan fingerprint density at radius 1 is 0.373 bits per heavy atom. The van der Waals surface area contributed by atoms with Crippen molar-refractivity contribution in [3.05, 3.63) is 197 Å². The number of aromatic hydroxyl groups is 3. The van der Waals surface area contributed by atoms with E-state index in [1.54, 1.807) is 43.3 Å². The number of nitrogens with zero attached hydrogens (tertiary/aromatic N) is 1. The monoisotopic (exact) mass is 1630 g/mol. The summed E-state index contributed by atoms with van der Waals surface area (Å²) < 4.78 is 22.3. The Morgan fingerprint density at radius 3 is 1.03 bits per heavy atom. The van der Waals surface area contributed by atoms with Crippen LogP contribution in [0, 0.1) is 35.5 Å². The lowest BCUT2D eigenvalue weighted by Crippen LogP contribution is -2.60. The minimum atomic E-state index is -1.39. The van der Waals surface area contributed by atoms with Crippen molar-refractivity contribution < 1.29 is 107 Å². The molecule has 0 aliphatic carbocycles. The van der Waals surface area contributed by atoms with Crippen molar-refractivity contribution in [3.8, 4) is 17.2 Å². The molecule has 9 rings (SSSR count). The van der Waals surface area contributed by atoms with Crippen LogP contribution in [0.1, 0.15) is 150 Å². The predicted octanol–water partition coefficient (Wildman–Crippen LogP) is 5.84. The maximum Gasteiger partial charge on any atom is 0.347 e. The molecule has 8 amide bonds. The molecule has 0 radical (unpaired) electrons. The number of aliphatic hydroxyl groups is 3. The number of esters is 4. The number of phenols is 3. The molecule has 0 bridgehead atoms. The van der Waals surface area contributed by atoms with Crippen LogP contribution in [-0.2, 0) is 81.4 Å². The van der Waals surface area contributed by atoms with E-state index in [4.69, 9.17) is 18.9 Å². The highest BCUT2D eigenvalue weighted by Crippen LogP contribution is 2.27. The van der Waals surface area contributed by atoms with Gasteiger partial charge in [-0.3, -0.25) is 43.2 Å². The first-order valence-electron chi connectivity index (χ1n) is 39.6. The van der Waals surface area contributed by atoms with Crippen LogP contribution in [0.3, 0.4) is 0 Å². The Labute approximate surface area is 686 Å². The van der Waals surface area contributed by atoms with Crippen molar-refractivity contribution in [1.29, 1.82) is 0 Å². The Balaban J connectivity index is 0.000000244. The second-order valence-corrected chi connectivity index (χ2v) is 31.4. The molecule has 118 heavy (non-hydrogen) atoms. The molecule has 6 aromatic rings. The minimum absolute atomic E-state index is 0.0250. The molecule has 0 saturated carbocycles. The number of carbonyl (C=O) groups is 12. The normalized spacial score (nSPS) is 26.4. The molecule has 3 aliphatic rings. The first kappa shape index (κ1) is 93.4. The molecular weight excluding hydrogens is 1520 g/mol. The molecule has 3 heterocycles. The summed E-state index contributed by atoms with van der Waals surface area (Å²) in [4.78, 5) is 160. The molecule has 3 fully saturated rings. The fourth-order valence-electron chi connectivity index (χ4n) is 13.7. The number of para-hydroxylation sites is 3. The van der Waals surface area contributed by atoms with Crippen LogP contribution in [-0.4, -0.2) is 205 Å². The van der Waals surface area contributed by atoms with Crippen molar-refractivity contribution >= 4 is 71.1 Å². The van der Waals surface area contributed by atoms with Gasteiger partial charge in [0, 0.05) is 7.05 Å². The Bertz CT molecular complexity index is 4240. The summed E-state index contributed by atoms with van der Waals surface area (Å²) in [5, 5.41) is 82.9. The number of nitrogens with one attached hydrogen (secondary N) is 7. The SMILES string of the molecule is CC(C)CC1C(=O)O[C@H](C)[C@H](NC(=O)c2ccccc2O)C(=O)N[C@@H](Cc2ccccc2)[C@@H](O)[C@@H](C)C(=O)N1C.CC(C)CC1NC(=O)[C@H](C)[C@H](O)[C@H](Cc2ccccc2)NC(=O)[C@@H](NC(=O)c2ccccc2O)[C@@H](C)OC1=O.CC(C)CC1OC(=O)[C@H](C)[C@H](O)[C@H](Cc2ccccc2)NC(=O)[C@@H](NC(=O)c2ccccc2O)[C@@H](C)OC1=O. The Kier molecular flexibility index (Phi) is 34.8. The highest BCUT2D eigenvalue weighted by molar-refractivity contribution is 6.02. The summed E-state index contributed by atoms with van der Waals surface area (Å²) in [6.07, 6.45) is -7.42. The van der Waals surface area contributed by atoms with Gasteiger partial charge in [-0.1, -0.05) is 183 Å². The molecule has 3 aliphatic heterocycles. The topological polar surface area (TPSA) is 451 Å². The molecule has 3 saturated heterocycles. The van der Waals surface area contributed by atoms with Crippen LogP contribution in [0.15, 0.2) is 164 Å². The highest BCUT2D eigenvalue weighted by atomic mass is 16.6. The van der Waals surface area contributed by atoms with E-state index in [1.165, 1.54) is 83.0 Å². The number of benzene rings is 6. The van der Waals surface area contributed by atoms with Crippen molar-refractivity contribution in [3.63, 3.8) is 0 Å². The van der Waals surface area contributed by atoms with Crippen molar-refractivity contribution in [2.24, 2.45) is 35.5 Å². The summed E-state index contributed by atoms with van der Waals surface area (Å²) in [7, 11) is 1.50. The second kappa shape index (κ2) is 44.0. The lowest BCUT2D eigenvalue weighted by Gasteiger charge is -2.36. The number of amides is 8. The van der Waals surface area contributed by atoms with Crippen LogP contribution in [0.25, 0.3) is 0 Å². The zero-order valence-corrected chi connectivity index (χ0v) is 68.6. The number of hydrogen-bond acceptors (Lipinski definition) is 22. The van der Waals surface area contributed by atoms with Crippen molar-refractivity contribution in [2.45, 2.75) is 213 Å². The van der Waals surface area contributed by atoms with E-state index in [0.29, 0.717) is 6.42 Å². The summed E-state index contributed by atoms with van der Waals surface area (Å²) in [5.41, 5.74) is 2.23. The van der Waals surface area contributed by atoms with Gasteiger partial charge in [-0.25, -0.2) is 14.4 Å². The molecule has 6 aromatic carbocycles. The lowest BCUT2D eigenvalue weighted by molar-refractivity contribution is -0.178. The molecule has 30 nitrogen and oxygen atoms in total. The van der Waals surface area contributed by atoms with Crippen LogP contribution >= 0.6 is 0 Å². The third kappa shape index (κ3) is 26.4. The second-order valence-electron chi connectivity index (χ2n) is 31.4. The highest BCUT2D eigenvalue weighted by Gasteiger charge is 2.45. The van der Waals surface area contributed by atoms with E-state index in [9.17, 15) is 88.2 Å². The fraction of sp³-hybridized carbons (Fsp3) is 0.455. The van der Waals surface area contributed by atoms with Gasteiger partial charge in [0.15, 0.2) is 6.10 Å². The van der Waals surface area contributed by atoms with Gasteiger partial charge >= 0.3 is 23.9 Å². The van der Waals surface area contributed by atoms with Crippen LogP contribution in [0.4, 0.5) is 0 Å². The van der Waals surface area contributed by atoms with Gasteiger partial charge in [0.25, 0.3) is 17.7 Å². The molecule has 636 valence electrons. The maximum absolute atomic E-state index is 13.7. The number of likely N-dealkylation sites (N-methyl/N-ethyl adjacent to an activating group) is 1. The minimum Gasteiger partial charge on any atom is -0.507 e. The predicted molar refractivity (Wildman–Crippen MR) is 433 cm³/mol. The number of hydrogen-bond donors (Lipinski definition) is 13. The average Bonchev–Trinajstić information content (AvgIpc) is 0.825.